The van der Waals surface area contributed by atoms with Crippen molar-refractivity contribution in [2.24, 2.45) is 11.7 Å². The predicted molar refractivity (Wildman–Crippen MR) is 103 cm³/mol. The largest absolute Gasteiger partial charge is 0.370 e. The molecule has 3 rings (SSSR count). The maximum Gasteiger partial charge on any atom is 0.217 e. The Kier molecular flexibility index (Phi) is 8.25. The molecular formula is C17H24Cl2N4O. The molecule has 0 unspecified atom stereocenters. The second-order valence-corrected chi connectivity index (χ2v) is 6.03. The first-order valence-electron chi connectivity index (χ1n) is 7.86. The van der Waals surface area contributed by atoms with Crippen LogP contribution in [0, 0.1) is 5.92 Å². The quantitative estimate of drug-likeness (QED) is 0.704. The molecule has 2 atom stereocenters. The van der Waals surface area contributed by atoms with Gasteiger partial charge in [0, 0.05) is 35.9 Å². The van der Waals surface area contributed by atoms with Crippen LogP contribution in [-0.4, -0.2) is 16.9 Å². The van der Waals surface area contributed by atoms with Crippen LogP contribution in [0.15, 0.2) is 36.7 Å². The summed E-state index contributed by atoms with van der Waals surface area (Å²) in [4.78, 5) is 15.3. The summed E-state index contributed by atoms with van der Waals surface area (Å²) in [5, 5.41) is 2.27. The van der Waals surface area contributed by atoms with Crippen molar-refractivity contribution >= 4 is 47.2 Å². The number of carbonyl (C=O) groups is 1. The van der Waals surface area contributed by atoms with Gasteiger partial charge in [-0.2, -0.15) is 0 Å². The van der Waals surface area contributed by atoms with E-state index >= 15 is 0 Å². The maximum atomic E-state index is 11.2. The van der Waals surface area contributed by atoms with Crippen LogP contribution in [0.2, 0.25) is 0 Å². The van der Waals surface area contributed by atoms with E-state index in [0.717, 1.165) is 29.3 Å². The number of benzene rings is 1. The van der Waals surface area contributed by atoms with Crippen molar-refractivity contribution in [1.29, 1.82) is 0 Å². The van der Waals surface area contributed by atoms with E-state index in [1.165, 1.54) is 12.8 Å². The fourth-order valence-corrected chi connectivity index (χ4v) is 3.24. The third-order valence-electron chi connectivity index (χ3n) is 4.41. The monoisotopic (exact) mass is 370 g/mol. The molecule has 132 valence electrons. The number of primary amides is 1. The second kappa shape index (κ2) is 9.67. The van der Waals surface area contributed by atoms with E-state index in [-0.39, 0.29) is 36.8 Å². The lowest BCUT2D eigenvalue weighted by Gasteiger charge is -2.32. The number of nitrogens with two attached hydrogens (primary N) is 1. The number of halogens is 2. The molecule has 1 aliphatic carbocycles. The number of nitrogens with zero attached hydrogens (tertiary/aromatic N) is 1. The van der Waals surface area contributed by atoms with Gasteiger partial charge in [-0.25, -0.2) is 5.43 Å². The highest BCUT2D eigenvalue weighted by molar-refractivity contribution is 5.86. The number of pyridine rings is 1. The zero-order chi connectivity index (χ0) is 15.4. The predicted octanol–water partition coefficient (Wildman–Crippen LogP) is 3.43. The SMILES string of the molecule is Cl.Cl.NC(=O)C[C@H]1CCCC[C@H]1NNc1ccc2cnccc2c1. The molecule has 0 aliphatic heterocycles. The number of rotatable bonds is 5. The fraction of sp³-hybridized carbons (Fsp3) is 0.412. The Morgan fingerprint density at radius 1 is 1.17 bits per heavy atom. The molecule has 0 bridgehead atoms. The molecule has 0 spiro atoms. The molecular weight excluding hydrogens is 347 g/mol. The molecule has 1 aliphatic rings. The minimum Gasteiger partial charge on any atom is -0.370 e. The highest BCUT2D eigenvalue weighted by atomic mass is 35.5. The lowest BCUT2D eigenvalue weighted by atomic mass is 9.82. The molecule has 1 heterocycles. The van der Waals surface area contributed by atoms with E-state index in [9.17, 15) is 4.79 Å². The summed E-state index contributed by atoms with van der Waals surface area (Å²) < 4.78 is 0. The summed E-state index contributed by atoms with van der Waals surface area (Å²) in [6, 6.07) is 8.46. The van der Waals surface area contributed by atoms with Crippen LogP contribution < -0.4 is 16.6 Å². The topological polar surface area (TPSA) is 80.0 Å². The molecule has 1 fully saturated rings. The van der Waals surface area contributed by atoms with Crippen LogP contribution in [0.4, 0.5) is 5.69 Å². The number of carbonyl (C=O) groups excluding carboxylic acids is 1. The molecule has 0 radical (unpaired) electrons. The number of fused-ring (bicyclic) bond motifs is 1. The summed E-state index contributed by atoms with van der Waals surface area (Å²) in [7, 11) is 0. The standard InChI is InChI=1S/C17H22N4O.2ClH/c18-17(22)10-13-3-1-2-4-16(13)21-20-15-6-5-14-11-19-8-7-12(14)9-15;;/h5-9,11,13,16,20-21H,1-4,10H2,(H2,18,22);2*1H/t13-,16-;;/m1../s1. The highest BCUT2D eigenvalue weighted by Crippen LogP contribution is 2.27. The molecule has 1 aromatic carbocycles. The summed E-state index contributed by atoms with van der Waals surface area (Å²) in [6.45, 7) is 0. The summed E-state index contributed by atoms with van der Waals surface area (Å²) in [5.74, 6) is 0.111. The van der Waals surface area contributed by atoms with E-state index in [1.54, 1.807) is 6.20 Å². The molecule has 1 amide bonds. The van der Waals surface area contributed by atoms with Gasteiger partial charge < -0.3 is 11.2 Å². The van der Waals surface area contributed by atoms with Crippen molar-refractivity contribution in [2.75, 3.05) is 5.43 Å². The Hall–Kier alpha value is -1.56. The zero-order valence-electron chi connectivity index (χ0n) is 13.4. The van der Waals surface area contributed by atoms with E-state index in [2.05, 4.69) is 21.9 Å². The molecule has 4 N–H and O–H groups in total. The normalized spacial score (nSPS) is 19.8. The van der Waals surface area contributed by atoms with Gasteiger partial charge in [-0.1, -0.05) is 18.9 Å². The highest BCUT2D eigenvalue weighted by Gasteiger charge is 2.26. The minimum atomic E-state index is -0.211. The molecule has 5 nitrogen and oxygen atoms in total. The number of hydrogen-bond donors (Lipinski definition) is 3. The molecule has 0 saturated heterocycles. The molecule has 1 aromatic heterocycles. The van der Waals surface area contributed by atoms with E-state index in [0.29, 0.717) is 12.3 Å². The summed E-state index contributed by atoms with van der Waals surface area (Å²) in [6.07, 6.45) is 8.62. The number of nitrogens with one attached hydrogen (secondary N) is 2. The fourth-order valence-electron chi connectivity index (χ4n) is 3.24. The second-order valence-electron chi connectivity index (χ2n) is 6.03. The third kappa shape index (κ3) is 5.23. The van der Waals surface area contributed by atoms with Crippen LogP contribution in [-0.2, 0) is 4.79 Å². The number of hydrogen-bond acceptors (Lipinski definition) is 4. The number of hydrazine groups is 1. The number of amides is 1. The van der Waals surface area contributed by atoms with Crippen molar-refractivity contribution < 1.29 is 4.79 Å². The first-order valence-corrected chi connectivity index (χ1v) is 7.86. The summed E-state index contributed by atoms with van der Waals surface area (Å²) in [5.41, 5.74) is 13.0. The average molecular weight is 371 g/mol. The zero-order valence-corrected chi connectivity index (χ0v) is 15.0. The van der Waals surface area contributed by atoms with E-state index < -0.39 is 0 Å². The number of anilines is 1. The third-order valence-corrected chi connectivity index (χ3v) is 4.41. The average Bonchev–Trinajstić information content (AvgIpc) is 2.53. The van der Waals surface area contributed by atoms with Gasteiger partial charge in [0.2, 0.25) is 5.91 Å². The van der Waals surface area contributed by atoms with Crippen molar-refractivity contribution in [3.63, 3.8) is 0 Å². The van der Waals surface area contributed by atoms with Gasteiger partial charge in [-0.15, -0.1) is 24.8 Å². The molecule has 2 aromatic rings. The smallest absolute Gasteiger partial charge is 0.217 e. The Morgan fingerprint density at radius 3 is 2.75 bits per heavy atom. The van der Waals surface area contributed by atoms with Crippen molar-refractivity contribution in [3.8, 4) is 0 Å². The van der Waals surface area contributed by atoms with Crippen molar-refractivity contribution in [3.05, 3.63) is 36.7 Å². The first-order chi connectivity index (χ1) is 10.7. The van der Waals surface area contributed by atoms with Gasteiger partial charge in [-0.05, 0) is 42.3 Å². The van der Waals surface area contributed by atoms with Gasteiger partial charge in [0.25, 0.3) is 0 Å². The van der Waals surface area contributed by atoms with Gasteiger partial charge in [0.15, 0.2) is 0 Å². The van der Waals surface area contributed by atoms with E-state index in [1.807, 2.05) is 24.4 Å². The molecule has 1 saturated carbocycles. The molecule has 24 heavy (non-hydrogen) atoms. The maximum absolute atomic E-state index is 11.2. The Bertz CT molecular complexity index is 668. The van der Waals surface area contributed by atoms with E-state index in [4.69, 9.17) is 5.73 Å². The van der Waals surface area contributed by atoms with Crippen LogP contribution >= 0.6 is 24.8 Å². The lowest BCUT2D eigenvalue weighted by molar-refractivity contribution is -0.119. The lowest BCUT2D eigenvalue weighted by Crippen LogP contribution is -2.43. The van der Waals surface area contributed by atoms with Gasteiger partial charge >= 0.3 is 0 Å². The van der Waals surface area contributed by atoms with Crippen LogP contribution in [0.5, 0.6) is 0 Å². The van der Waals surface area contributed by atoms with Crippen LogP contribution in [0.3, 0.4) is 0 Å². The van der Waals surface area contributed by atoms with Gasteiger partial charge in [0.05, 0.1) is 0 Å². The molecule has 7 heteroatoms. The van der Waals surface area contributed by atoms with Crippen LogP contribution in [0.25, 0.3) is 10.8 Å². The Labute approximate surface area is 154 Å². The number of aromatic nitrogens is 1. The van der Waals surface area contributed by atoms with Crippen molar-refractivity contribution in [2.45, 2.75) is 38.1 Å². The summed E-state index contributed by atoms with van der Waals surface area (Å²) >= 11 is 0. The minimum absolute atomic E-state index is 0. The van der Waals surface area contributed by atoms with Gasteiger partial charge in [-0.3, -0.25) is 9.78 Å². The Balaban J connectivity index is 0.00000144. The van der Waals surface area contributed by atoms with Crippen LogP contribution in [0.1, 0.15) is 32.1 Å². The van der Waals surface area contributed by atoms with Gasteiger partial charge in [0.1, 0.15) is 0 Å². The van der Waals surface area contributed by atoms with Crippen molar-refractivity contribution in [1.82, 2.24) is 10.4 Å². The Morgan fingerprint density at radius 2 is 1.96 bits per heavy atom. The first kappa shape index (κ1) is 20.5.